The van der Waals surface area contributed by atoms with Crippen LogP contribution in [0.25, 0.3) is 0 Å². The zero-order chi connectivity index (χ0) is 23.3. The summed E-state index contributed by atoms with van der Waals surface area (Å²) in [6, 6.07) is 12.0. The average molecular weight is 476 g/mol. The standard InChI is InChI=1S/C24H29NO7S/c26-23(25(18-7-3-1-4-8-18)19-13-14-33(28,29)17-19)16-31-24(27)22-12-11-21(32-22)15-30-20-9-5-2-6-10-20/h2,5-6,9-12,18-19H,1,3-4,7-8,13-17H2. The third-order valence-corrected chi connectivity index (χ3v) is 7.92. The van der Waals surface area contributed by atoms with E-state index in [1.54, 1.807) is 11.0 Å². The molecule has 9 heteroatoms. The fourth-order valence-corrected chi connectivity index (χ4v) is 6.28. The van der Waals surface area contributed by atoms with Crippen molar-refractivity contribution in [1.29, 1.82) is 0 Å². The zero-order valence-corrected chi connectivity index (χ0v) is 19.3. The van der Waals surface area contributed by atoms with Gasteiger partial charge < -0.3 is 18.8 Å². The second-order valence-electron chi connectivity index (χ2n) is 8.59. The summed E-state index contributed by atoms with van der Waals surface area (Å²) in [5, 5.41) is 0. The number of nitrogens with zero attached hydrogens (tertiary/aromatic N) is 1. The highest BCUT2D eigenvalue weighted by Gasteiger charge is 2.38. The average Bonchev–Trinajstić information content (AvgIpc) is 3.44. The summed E-state index contributed by atoms with van der Waals surface area (Å²) < 4.78 is 40.3. The first-order valence-corrected chi connectivity index (χ1v) is 13.2. The molecule has 2 aromatic rings. The minimum Gasteiger partial charge on any atom is -0.486 e. The Balaban J connectivity index is 1.34. The lowest BCUT2D eigenvalue weighted by Crippen LogP contribution is -2.50. The molecule has 0 radical (unpaired) electrons. The number of hydrogen-bond donors (Lipinski definition) is 0. The largest absolute Gasteiger partial charge is 0.486 e. The van der Waals surface area contributed by atoms with Crippen LogP contribution in [-0.2, 0) is 26.0 Å². The Hall–Kier alpha value is -2.81. The van der Waals surface area contributed by atoms with Crippen LogP contribution in [0.2, 0.25) is 0 Å². The minimum atomic E-state index is -3.14. The SMILES string of the molecule is O=C(OCC(=O)N(C1CCCCC1)C1CCS(=O)(=O)C1)c1ccc(COc2ccccc2)o1. The second kappa shape index (κ2) is 10.4. The van der Waals surface area contributed by atoms with Gasteiger partial charge in [0.05, 0.1) is 11.5 Å². The Kier molecular flexibility index (Phi) is 7.37. The van der Waals surface area contributed by atoms with Crippen molar-refractivity contribution < 1.29 is 31.9 Å². The van der Waals surface area contributed by atoms with Gasteiger partial charge in [-0.25, -0.2) is 13.2 Å². The third-order valence-electron chi connectivity index (χ3n) is 6.17. The molecule has 2 fully saturated rings. The molecule has 1 saturated heterocycles. The van der Waals surface area contributed by atoms with Crippen LogP contribution in [0.1, 0.15) is 54.8 Å². The summed E-state index contributed by atoms with van der Waals surface area (Å²) in [6.45, 7) is -0.287. The molecule has 1 saturated carbocycles. The predicted molar refractivity (Wildman–Crippen MR) is 121 cm³/mol. The molecule has 1 aliphatic heterocycles. The molecule has 33 heavy (non-hydrogen) atoms. The molecular weight excluding hydrogens is 446 g/mol. The van der Waals surface area contributed by atoms with Gasteiger partial charge in [0.2, 0.25) is 5.76 Å². The van der Waals surface area contributed by atoms with E-state index in [4.69, 9.17) is 13.9 Å². The van der Waals surface area contributed by atoms with Gasteiger partial charge >= 0.3 is 5.97 Å². The van der Waals surface area contributed by atoms with E-state index in [2.05, 4.69) is 0 Å². The maximum absolute atomic E-state index is 13.0. The number of benzene rings is 1. The van der Waals surface area contributed by atoms with E-state index < -0.39 is 22.4 Å². The number of rotatable bonds is 8. The zero-order valence-electron chi connectivity index (χ0n) is 18.5. The van der Waals surface area contributed by atoms with Crippen LogP contribution in [0, 0.1) is 0 Å². The Morgan fingerprint density at radius 3 is 2.42 bits per heavy atom. The summed E-state index contributed by atoms with van der Waals surface area (Å²) in [6.07, 6.45) is 5.26. The Morgan fingerprint density at radius 2 is 1.73 bits per heavy atom. The number of hydrogen-bond acceptors (Lipinski definition) is 7. The van der Waals surface area contributed by atoms with Crippen molar-refractivity contribution in [2.45, 2.75) is 57.2 Å². The van der Waals surface area contributed by atoms with E-state index in [1.165, 1.54) is 6.07 Å². The highest BCUT2D eigenvalue weighted by Crippen LogP contribution is 2.28. The molecule has 1 aromatic carbocycles. The number of furan rings is 1. The van der Waals surface area contributed by atoms with E-state index in [-0.39, 0.29) is 41.9 Å². The van der Waals surface area contributed by atoms with Gasteiger partial charge in [0.25, 0.3) is 5.91 Å². The molecule has 1 aliphatic carbocycles. The molecule has 2 aliphatic rings. The van der Waals surface area contributed by atoms with Crippen molar-refractivity contribution >= 4 is 21.7 Å². The third kappa shape index (κ3) is 6.16. The Bertz CT molecular complexity index is 1060. The van der Waals surface area contributed by atoms with Gasteiger partial charge in [-0.1, -0.05) is 37.5 Å². The molecule has 8 nitrogen and oxygen atoms in total. The van der Waals surface area contributed by atoms with Crippen LogP contribution >= 0.6 is 0 Å². The fourth-order valence-electron chi connectivity index (χ4n) is 4.57. The lowest BCUT2D eigenvalue weighted by atomic mass is 9.93. The normalized spacial score (nSPS) is 20.3. The van der Waals surface area contributed by atoms with Gasteiger partial charge in [-0.05, 0) is 43.5 Å². The van der Waals surface area contributed by atoms with Crippen molar-refractivity contribution in [3.05, 3.63) is 54.0 Å². The van der Waals surface area contributed by atoms with Crippen LogP contribution in [0.5, 0.6) is 5.75 Å². The predicted octanol–water partition coefficient (Wildman–Crippen LogP) is 3.36. The molecule has 0 bridgehead atoms. The topological polar surface area (TPSA) is 103 Å². The molecule has 0 N–H and O–H groups in total. The number of para-hydroxylation sites is 1. The summed E-state index contributed by atoms with van der Waals surface area (Å²) in [4.78, 5) is 27.2. The van der Waals surface area contributed by atoms with Crippen molar-refractivity contribution in [3.63, 3.8) is 0 Å². The minimum absolute atomic E-state index is 0.00592. The first-order chi connectivity index (χ1) is 15.9. The van der Waals surface area contributed by atoms with E-state index in [1.807, 2.05) is 30.3 Å². The molecule has 178 valence electrons. The van der Waals surface area contributed by atoms with Gasteiger partial charge in [-0.2, -0.15) is 0 Å². The summed E-state index contributed by atoms with van der Waals surface area (Å²) >= 11 is 0. The van der Waals surface area contributed by atoms with E-state index in [0.29, 0.717) is 17.9 Å². The van der Waals surface area contributed by atoms with Crippen molar-refractivity contribution in [3.8, 4) is 5.75 Å². The van der Waals surface area contributed by atoms with E-state index in [9.17, 15) is 18.0 Å². The number of carbonyl (C=O) groups is 2. The summed E-state index contributed by atoms with van der Waals surface area (Å²) in [5.74, 6) is 0.105. The number of carbonyl (C=O) groups excluding carboxylic acids is 2. The lowest BCUT2D eigenvalue weighted by molar-refractivity contribution is -0.140. The number of sulfone groups is 1. The molecule has 0 spiro atoms. The highest BCUT2D eigenvalue weighted by molar-refractivity contribution is 7.91. The van der Waals surface area contributed by atoms with Gasteiger partial charge in [-0.15, -0.1) is 0 Å². The van der Waals surface area contributed by atoms with Crippen LogP contribution in [0.3, 0.4) is 0 Å². The fraction of sp³-hybridized carbons (Fsp3) is 0.500. The number of esters is 1. The van der Waals surface area contributed by atoms with Crippen LogP contribution < -0.4 is 4.74 Å². The van der Waals surface area contributed by atoms with Gasteiger partial charge in [-0.3, -0.25) is 4.79 Å². The maximum Gasteiger partial charge on any atom is 0.374 e. The van der Waals surface area contributed by atoms with Crippen molar-refractivity contribution in [2.24, 2.45) is 0 Å². The molecule has 1 unspecified atom stereocenters. The number of amides is 1. The van der Waals surface area contributed by atoms with Gasteiger partial charge in [0.1, 0.15) is 18.1 Å². The second-order valence-corrected chi connectivity index (χ2v) is 10.8. The van der Waals surface area contributed by atoms with Crippen molar-refractivity contribution in [1.82, 2.24) is 4.90 Å². The first kappa shape index (κ1) is 23.4. The van der Waals surface area contributed by atoms with Crippen LogP contribution in [-0.4, -0.2) is 55.4 Å². The highest BCUT2D eigenvalue weighted by atomic mass is 32.2. The van der Waals surface area contributed by atoms with Crippen molar-refractivity contribution in [2.75, 3.05) is 18.1 Å². The Labute approximate surface area is 193 Å². The Morgan fingerprint density at radius 1 is 0.970 bits per heavy atom. The summed E-state index contributed by atoms with van der Waals surface area (Å²) in [5.41, 5.74) is 0. The molecule has 1 atom stereocenters. The number of ether oxygens (including phenoxy) is 2. The smallest absolute Gasteiger partial charge is 0.374 e. The monoisotopic (exact) mass is 475 g/mol. The maximum atomic E-state index is 13.0. The molecule has 1 aromatic heterocycles. The van der Waals surface area contributed by atoms with Gasteiger partial charge in [0.15, 0.2) is 16.4 Å². The van der Waals surface area contributed by atoms with Gasteiger partial charge in [0, 0.05) is 12.1 Å². The molecule has 4 rings (SSSR count). The summed E-state index contributed by atoms with van der Waals surface area (Å²) in [7, 11) is -3.14. The van der Waals surface area contributed by atoms with Crippen LogP contribution in [0.4, 0.5) is 0 Å². The molecule has 1 amide bonds. The van der Waals surface area contributed by atoms with Crippen LogP contribution in [0.15, 0.2) is 46.9 Å². The van der Waals surface area contributed by atoms with E-state index in [0.717, 1.165) is 32.1 Å². The molecule has 2 heterocycles. The first-order valence-electron chi connectivity index (χ1n) is 11.4. The quantitative estimate of drug-likeness (QED) is 0.539. The molecular formula is C24H29NO7S. The lowest BCUT2D eigenvalue weighted by Gasteiger charge is -2.38. The van der Waals surface area contributed by atoms with E-state index >= 15 is 0 Å².